The maximum absolute atomic E-state index is 4.57. The van der Waals surface area contributed by atoms with Gasteiger partial charge in [-0.15, -0.1) is 11.3 Å². The SMILES string of the molecule is CCCNc1ccc(-c2nc(C)sc2C)cc1. The van der Waals surface area contributed by atoms with Crippen molar-refractivity contribution in [1.82, 2.24) is 4.98 Å². The molecule has 0 atom stereocenters. The third-order valence-corrected chi connectivity index (χ3v) is 3.53. The summed E-state index contributed by atoms with van der Waals surface area (Å²) in [4.78, 5) is 5.86. The van der Waals surface area contributed by atoms with Gasteiger partial charge in [-0.3, -0.25) is 0 Å². The molecule has 3 heteroatoms. The Labute approximate surface area is 107 Å². The summed E-state index contributed by atoms with van der Waals surface area (Å²) in [5.41, 5.74) is 3.50. The maximum atomic E-state index is 4.57. The van der Waals surface area contributed by atoms with E-state index in [1.807, 2.05) is 0 Å². The van der Waals surface area contributed by atoms with E-state index in [9.17, 15) is 0 Å². The summed E-state index contributed by atoms with van der Waals surface area (Å²) >= 11 is 1.76. The molecule has 0 saturated carbocycles. The van der Waals surface area contributed by atoms with Crippen LogP contribution in [0, 0.1) is 13.8 Å². The number of aryl methyl sites for hydroxylation is 2. The van der Waals surface area contributed by atoms with E-state index in [2.05, 4.69) is 55.3 Å². The number of hydrogen-bond donors (Lipinski definition) is 1. The van der Waals surface area contributed by atoms with Crippen LogP contribution in [0.5, 0.6) is 0 Å². The number of thiazole rings is 1. The van der Waals surface area contributed by atoms with Crippen molar-refractivity contribution in [2.75, 3.05) is 11.9 Å². The van der Waals surface area contributed by atoms with E-state index in [0.29, 0.717) is 0 Å². The Morgan fingerprint density at radius 3 is 2.41 bits per heavy atom. The van der Waals surface area contributed by atoms with Gasteiger partial charge >= 0.3 is 0 Å². The average molecular weight is 246 g/mol. The summed E-state index contributed by atoms with van der Waals surface area (Å²) < 4.78 is 0. The molecule has 1 aromatic carbocycles. The highest BCUT2D eigenvalue weighted by atomic mass is 32.1. The highest BCUT2D eigenvalue weighted by Gasteiger charge is 2.06. The van der Waals surface area contributed by atoms with Crippen LogP contribution in [0.4, 0.5) is 5.69 Å². The molecule has 0 spiro atoms. The van der Waals surface area contributed by atoms with Gasteiger partial charge in [0, 0.05) is 22.7 Å². The predicted molar refractivity (Wildman–Crippen MR) is 75.8 cm³/mol. The Bertz CT molecular complexity index is 485. The van der Waals surface area contributed by atoms with E-state index in [-0.39, 0.29) is 0 Å². The Balaban J connectivity index is 2.20. The molecule has 0 unspecified atom stereocenters. The van der Waals surface area contributed by atoms with Crippen LogP contribution in [-0.2, 0) is 0 Å². The van der Waals surface area contributed by atoms with E-state index in [0.717, 1.165) is 23.7 Å². The molecule has 0 fully saturated rings. The summed E-state index contributed by atoms with van der Waals surface area (Å²) in [6.45, 7) is 7.37. The largest absolute Gasteiger partial charge is 0.385 e. The van der Waals surface area contributed by atoms with E-state index >= 15 is 0 Å². The lowest BCUT2D eigenvalue weighted by atomic mass is 10.1. The molecule has 17 heavy (non-hydrogen) atoms. The third-order valence-electron chi connectivity index (χ3n) is 2.64. The van der Waals surface area contributed by atoms with Gasteiger partial charge in [-0.2, -0.15) is 0 Å². The van der Waals surface area contributed by atoms with Crippen LogP contribution < -0.4 is 5.32 Å². The highest BCUT2D eigenvalue weighted by molar-refractivity contribution is 7.11. The second-order valence-electron chi connectivity index (χ2n) is 4.14. The molecule has 2 rings (SSSR count). The van der Waals surface area contributed by atoms with Crippen molar-refractivity contribution in [2.24, 2.45) is 0 Å². The number of hydrogen-bond acceptors (Lipinski definition) is 3. The molecule has 1 aromatic heterocycles. The van der Waals surface area contributed by atoms with Gasteiger partial charge in [-0.05, 0) is 32.4 Å². The fraction of sp³-hybridized carbons (Fsp3) is 0.357. The Morgan fingerprint density at radius 2 is 1.88 bits per heavy atom. The van der Waals surface area contributed by atoms with E-state index < -0.39 is 0 Å². The molecule has 0 radical (unpaired) electrons. The van der Waals surface area contributed by atoms with Gasteiger partial charge < -0.3 is 5.32 Å². The van der Waals surface area contributed by atoms with Crippen molar-refractivity contribution in [3.05, 3.63) is 34.2 Å². The van der Waals surface area contributed by atoms with Gasteiger partial charge in [0.1, 0.15) is 0 Å². The summed E-state index contributed by atoms with van der Waals surface area (Å²) in [6, 6.07) is 8.52. The summed E-state index contributed by atoms with van der Waals surface area (Å²) in [5, 5.41) is 4.51. The summed E-state index contributed by atoms with van der Waals surface area (Å²) in [5.74, 6) is 0. The first-order valence-electron chi connectivity index (χ1n) is 5.99. The Morgan fingerprint density at radius 1 is 1.18 bits per heavy atom. The molecule has 0 aliphatic carbocycles. The highest BCUT2D eigenvalue weighted by Crippen LogP contribution is 2.27. The molecule has 90 valence electrons. The van der Waals surface area contributed by atoms with Crippen LogP contribution in [-0.4, -0.2) is 11.5 Å². The standard InChI is InChI=1S/C14H18N2S/c1-4-9-15-13-7-5-12(6-8-13)14-10(2)17-11(3)16-14/h5-8,15H,4,9H2,1-3H3. The number of aromatic nitrogens is 1. The monoisotopic (exact) mass is 246 g/mol. The van der Waals surface area contributed by atoms with Crippen molar-refractivity contribution in [3.8, 4) is 11.3 Å². The normalized spacial score (nSPS) is 10.5. The van der Waals surface area contributed by atoms with Crippen LogP contribution >= 0.6 is 11.3 Å². The molecular weight excluding hydrogens is 228 g/mol. The quantitative estimate of drug-likeness (QED) is 0.872. The minimum atomic E-state index is 1.02. The topological polar surface area (TPSA) is 24.9 Å². The lowest BCUT2D eigenvalue weighted by molar-refractivity contribution is 0.980. The van der Waals surface area contributed by atoms with Crippen LogP contribution in [0.15, 0.2) is 24.3 Å². The van der Waals surface area contributed by atoms with E-state index in [1.165, 1.54) is 16.1 Å². The predicted octanol–water partition coefficient (Wildman–Crippen LogP) is 4.25. The molecule has 0 amide bonds. The molecule has 0 bridgehead atoms. The molecule has 1 N–H and O–H groups in total. The van der Waals surface area contributed by atoms with Gasteiger partial charge in [0.05, 0.1) is 10.7 Å². The lowest BCUT2D eigenvalue weighted by Crippen LogP contribution is -1.98. The molecule has 0 saturated heterocycles. The Kier molecular flexibility index (Phi) is 3.79. The van der Waals surface area contributed by atoms with Crippen molar-refractivity contribution >= 4 is 17.0 Å². The minimum Gasteiger partial charge on any atom is -0.385 e. The maximum Gasteiger partial charge on any atom is 0.0904 e. The van der Waals surface area contributed by atoms with Crippen LogP contribution in [0.1, 0.15) is 23.2 Å². The first kappa shape index (κ1) is 12.1. The number of nitrogens with zero attached hydrogens (tertiary/aromatic N) is 1. The second-order valence-corrected chi connectivity index (χ2v) is 5.55. The van der Waals surface area contributed by atoms with Crippen molar-refractivity contribution in [3.63, 3.8) is 0 Å². The zero-order chi connectivity index (χ0) is 12.3. The minimum absolute atomic E-state index is 1.02. The van der Waals surface area contributed by atoms with Gasteiger partial charge in [-0.25, -0.2) is 4.98 Å². The smallest absolute Gasteiger partial charge is 0.0904 e. The fourth-order valence-electron chi connectivity index (χ4n) is 1.81. The number of rotatable bonds is 4. The number of anilines is 1. The van der Waals surface area contributed by atoms with Gasteiger partial charge in [0.15, 0.2) is 0 Å². The van der Waals surface area contributed by atoms with Crippen molar-refractivity contribution in [2.45, 2.75) is 27.2 Å². The van der Waals surface area contributed by atoms with Crippen molar-refractivity contribution in [1.29, 1.82) is 0 Å². The molecule has 2 nitrogen and oxygen atoms in total. The van der Waals surface area contributed by atoms with Crippen molar-refractivity contribution < 1.29 is 0 Å². The molecule has 0 aliphatic heterocycles. The molecule has 2 aromatic rings. The Hall–Kier alpha value is -1.35. The zero-order valence-corrected chi connectivity index (χ0v) is 11.4. The second kappa shape index (κ2) is 5.32. The van der Waals surface area contributed by atoms with Crippen LogP contribution in [0.25, 0.3) is 11.3 Å². The molecular formula is C14H18N2S. The first-order chi connectivity index (χ1) is 8.20. The van der Waals surface area contributed by atoms with Crippen LogP contribution in [0.3, 0.4) is 0 Å². The third kappa shape index (κ3) is 2.86. The fourth-order valence-corrected chi connectivity index (χ4v) is 2.65. The lowest BCUT2D eigenvalue weighted by Gasteiger charge is -2.05. The van der Waals surface area contributed by atoms with E-state index in [1.54, 1.807) is 11.3 Å². The first-order valence-corrected chi connectivity index (χ1v) is 6.80. The number of benzene rings is 1. The zero-order valence-electron chi connectivity index (χ0n) is 10.6. The van der Waals surface area contributed by atoms with E-state index in [4.69, 9.17) is 0 Å². The van der Waals surface area contributed by atoms with Crippen LogP contribution in [0.2, 0.25) is 0 Å². The van der Waals surface area contributed by atoms with Gasteiger partial charge in [-0.1, -0.05) is 19.1 Å². The van der Waals surface area contributed by atoms with Gasteiger partial charge in [0.25, 0.3) is 0 Å². The summed E-state index contributed by atoms with van der Waals surface area (Å²) in [6.07, 6.45) is 1.14. The van der Waals surface area contributed by atoms with Gasteiger partial charge in [0.2, 0.25) is 0 Å². The molecule has 0 aliphatic rings. The average Bonchev–Trinajstić information content (AvgIpc) is 2.66. The summed E-state index contributed by atoms with van der Waals surface area (Å²) in [7, 11) is 0. The number of nitrogens with one attached hydrogen (secondary N) is 1. The molecule has 1 heterocycles.